The van der Waals surface area contributed by atoms with Gasteiger partial charge in [-0.15, -0.1) is 0 Å². The summed E-state index contributed by atoms with van der Waals surface area (Å²) in [5.41, 5.74) is 2.17. The minimum atomic E-state index is 0.146. The third-order valence-corrected chi connectivity index (χ3v) is 5.92. The Balaban J connectivity index is 1.16. The van der Waals surface area contributed by atoms with Gasteiger partial charge in [0.1, 0.15) is 0 Å². The van der Waals surface area contributed by atoms with E-state index >= 15 is 0 Å². The van der Waals surface area contributed by atoms with Crippen LogP contribution in [0.1, 0.15) is 54.9 Å². The normalized spacial score (nSPS) is 19.5. The van der Waals surface area contributed by atoms with E-state index in [1.54, 1.807) is 0 Å². The summed E-state index contributed by atoms with van der Waals surface area (Å²) in [7, 11) is 0. The van der Waals surface area contributed by atoms with E-state index in [-0.39, 0.29) is 6.04 Å². The first-order chi connectivity index (χ1) is 14.2. The van der Waals surface area contributed by atoms with Gasteiger partial charge in [-0.05, 0) is 32.3 Å². The number of hydrogen-bond acceptors (Lipinski definition) is 8. The fraction of sp³-hybridized carbons (Fsp3) is 0.524. The molecule has 2 aromatic heterocycles. The van der Waals surface area contributed by atoms with Crippen LogP contribution in [0.25, 0.3) is 11.4 Å². The van der Waals surface area contributed by atoms with Crippen LogP contribution in [0.4, 0.5) is 0 Å². The van der Waals surface area contributed by atoms with Gasteiger partial charge in [-0.3, -0.25) is 9.80 Å². The lowest BCUT2D eigenvalue weighted by molar-refractivity contribution is 0.0785. The lowest BCUT2D eigenvalue weighted by Gasteiger charge is -2.36. The monoisotopic (exact) mass is 394 g/mol. The van der Waals surface area contributed by atoms with E-state index in [0.29, 0.717) is 24.2 Å². The third-order valence-electron chi connectivity index (χ3n) is 5.92. The van der Waals surface area contributed by atoms with Crippen LogP contribution >= 0.6 is 0 Å². The molecule has 2 aliphatic rings. The van der Waals surface area contributed by atoms with Crippen molar-refractivity contribution >= 4 is 0 Å². The fourth-order valence-electron chi connectivity index (χ4n) is 3.83. The van der Waals surface area contributed by atoms with Gasteiger partial charge in [0.2, 0.25) is 17.6 Å². The molecule has 1 unspecified atom stereocenters. The molecule has 2 fully saturated rings. The van der Waals surface area contributed by atoms with E-state index in [9.17, 15) is 0 Å². The van der Waals surface area contributed by atoms with Crippen molar-refractivity contribution < 1.29 is 9.05 Å². The van der Waals surface area contributed by atoms with E-state index in [4.69, 9.17) is 9.05 Å². The maximum atomic E-state index is 5.51. The Labute approximate surface area is 169 Å². The van der Waals surface area contributed by atoms with Crippen LogP contribution in [-0.2, 0) is 6.54 Å². The first kappa shape index (κ1) is 18.4. The summed E-state index contributed by atoms with van der Waals surface area (Å²) < 4.78 is 11.0. The number of aryl methyl sites for hydroxylation is 1. The molecule has 5 rings (SSSR count). The van der Waals surface area contributed by atoms with Gasteiger partial charge in [0.05, 0.1) is 12.6 Å². The number of aromatic nitrogens is 4. The Morgan fingerprint density at radius 1 is 1.03 bits per heavy atom. The summed E-state index contributed by atoms with van der Waals surface area (Å²) >= 11 is 0. The van der Waals surface area contributed by atoms with E-state index in [0.717, 1.165) is 49.0 Å². The molecule has 0 bridgehead atoms. The molecule has 29 heavy (non-hydrogen) atoms. The average molecular weight is 394 g/mol. The van der Waals surface area contributed by atoms with Crippen LogP contribution in [-0.4, -0.2) is 56.3 Å². The summed E-state index contributed by atoms with van der Waals surface area (Å²) in [6.45, 7) is 8.65. The number of benzene rings is 1. The standard InChI is InChI=1S/C21H26N6O2/c1-14-5-3-4-6-17(14)20-22-18(28-25-20)13-26-9-11-27(12-10-26)15(2)21-23-19(24-29-21)16-7-8-16/h3-6,15-16H,7-13H2,1-2H3. The van der Waals surface area contributed by atoms with Crippen LogP contribution in [0, 0.1) is 6.92 Å². The lowest BCUT2D eigenvalue weighted by atomic mass is 10.1. The summed E-state index contributed by atoms with van der Waals surface area (Å²) in [5.74, 6) is 3.46. The highest BCUT2D eigenvalue weighted by Crippen LogP contribution is 2.38. The number of hydrogen-bond donors (Lipinski definition) is 0. The molecule has 0 amide bonds. The summed E-state index contributed by atoms with van der Waals surface area (Å²) in [6, 6.07) is 8.24. The first-order valence-electron chi connectivity index (χ1n) is 10.4. The Hall–Kier alpha value is -2.58. The van der Waals surface area contributed by atoms with Gasteiger partial charge in [0.25, 0.3) is 0 Å². The average Bonchev–Trinajstić information content (AvgIpc) is 3.29. The molecule has 0 N–H and O–H groups in total. The van der Waals surface area contributed by atoms with Crippen molar-refractivity contribution in [3.05, 3.63) is 47.4 Å². The van der Waals surface area contributed by atoms with Crippen LogP contribution < -0.4 is 0 Å². The molecule has 1 aliphatic carbocycles. The molecule has 152 valence electrons. The Bertz CT molecular complexity index is 971. The maximum Gasteiger partial charge on any atom is 0.243 e. The van der Waals surface area contributed by atoms with E-state index in [1.807, 2.05) is 18.2 Å². The fourth-order valence-corrected chi connectivity index (χ4v) is 3.83. The molecule has 0 spiro atoms. The highest BCUT2D eigenvalue weighted by Gasteiger charge is 2.31. The van der Waals surface area contributed by atoms with E-state index < -0.39 is 0 Å². The van der Waals surface area contributed by atoms with Crippen LogP contribution in [0.15, 0.2) is 33.3 Å². The van der Waals surface area contributed by atoms with Crippen molar-refractivity contribution in [3.8, 4) is 11.4 Å². The maximum absolute atomic E-state index is 5.51. The molecule has 1 atom stereocenters. The van der Waals surface area contributed by atoms with Crippen molar-refractivity contribution in [1.82, 2.24) is 30.1 Å². The van der Waals surface area contributed by atoms with Gasteiger partial charge in [-0.2, -0.15) is 9.97 Å². The minimum absolute atomic E-state index is 0.146. The van der Waals surface area contributed by atoms with Gasteiger partial charge in [-0.1, -0.05) is 34.6 Å². The molecule has 0 radical (unpaired) electrons. The Morgan fingerprint density at radius 2 is 1.83 bits per heavy atom. The van der Waals surface area contributed by atoms with Crippen LogP contribution in [0.2, 0.25) is 0 Å². The first-order valence-corrected chi connectivity index (χ1v) is 10.4. The van der Waals surface area contributed by atoms with Gasteiger partial charge < -0.3 is 9.05 Å². The highest BCUT2D eigenvalue weighted by molar-refractivity contribution is 5.58. The molecular formula is C21H26N6O2. The topological polar surface area (TPSA) is 84.3 Å². The number of nitrogens with zero attached hydrogens (tertiary/aromatic N) is 6. The SMILES string of the molecule is Cc1ccccc1-c1noc(CN2CCN(C(C)c3nc(C4CC4)no3)CC2)n1. The van der Waals surface area contributed by atoms with Gasteiger partial charge in [0, 0.05) is 37.7 Å². The third kappa shape index (κ3) is 3.95. The van der Waals surface area contributed by atoms with Crippen molar-refractivity contribution in [1.29, 1.82) is 0 Å². The molecular weight excluding hydrogens is 368 g/mol. The number of piperazine rings is 1. The minimum Gasteiger partial charge on any atom is -0.338 e. The van der Waals surface area contributed by atoms with Gasteiger partial charge in [-0.25, -0.2) is 0 Å². The molecule has 3 heterocycles. The molecule has 3 aromatic rings. The predicted molar refractivity (Wildman–Crippen MR) is 106 cm³/mol. The van der Waals surface area contributed by atoms with Gasteiger partial charge >= 0.3 is 0 Å². The predicted octanol–water partition coefficient (Wildman–Crippen LogP) is 3.18. The summed E-state index contributed by atoms with van der Waals surface area (Å²) in [6.07, 6.45) is 2.38. The van der Waals surface area contributed by atoms with Crippen LogP contribution in [0.3, 0.4) is 0 Å². The second kappa shape index (κ2) is 7.68. The molecule has 1 saturated carbocycles. The summed E-state index contributed by atoms with van der Waals surface area (Å²) in [4.78, 5) is 13.9. The lowest BCUT2D eigenvalue weighted by Crippen LogP contribution is -2.46. The van der Waals surface area contributed by atoms with Crippen molar-refractivity contribution in [2.45, 2.75) is 45.2 Å². The smallest absolute Gasteiger partial charge is 0.243 e. The molecule has 1 aliphatic heterocycles. The Morgan fingerprint density at radius 3 is 2.59 bits per heavy atom. The zero-order valence-corrected chi connectivity index (χ0v) is 16.9. The largest absolute Gasteiger partial charge is 0.338 e. The molecule has 8 nitrogen and oxygen atoms in total. The quantitative estimate of drug-likeness (QED) is 0.630. The van der Waals surface area contributed by atoms with Gasteiger partial charge in [0.15, 0.2) is 5.82 Å². The second-order valence-corrected chi connectivity index (χ2v) is 8.08. The van der Waals surface area contributed by atoms with E-state index in [1.165, 1.54) is 12.8 Å². The Kier molecular flexibility index (Phi) is 4.89. The van der Waals surface area contributed by atoms with Crippen molar-refractivity contribution in [2.24, 2.45) is 0 Å². The highest BCUT2D eigenvalue weighted by atomic mass is 16.5. The zero-order chi connectivity index (χ0) is 19.8. The molecule has 1 aromatic carbocycles. The molecule has 8 heteroatoms. The van der Waals surface area contributed by atoms with E-state index in [2.05, 4.69) is 50.0 Å². The van der Waals surface area contributed by atoms with Crippen molar-refractivity contribution in [2.75, 3.05) is 26.2 Å². The molecule has 1 saturated heterocycles. The number of rotatable bonds is 6. The van der Waals surface area contributed by atoms with Crippen molar-refractivity contribution in [3.63, 3.8) is 0 Å². The summed E-state index contributed by atoms with van der Waals surface area (Å²) in [5, 5.41) is 8.31. The van der Waals surface area contributed by atoms with Crippen LogP contribution in [0.5, 0.6) is 0 Å². The zero-order valence-electron chi connectivity index (χ0n) is 16.9. The second-order valence-electron chi connectivity index (χ2n) is 8.08.